The Morgan fingerprint density at radius 3 is 2.60 bits per heavy atom. The minimum absolute atomic E-state index is 0.0206. The van der Waals surface area contributed by atoms with Gasteiger partial charge in [0.1, 0.15) is 0 Å². The third-order valence-electron chi connectivity index (χ3n) is 2.52. The summed E-state index contributed by atoms with van der Waals surface area (Å²) in [7, 11) is 0. The van der Waals surface area contributed by atoms with Crippen LogP contribution in [0.5, 0.6) is 5.75 Å². The Morgan fingerprint density at radius 1 is 1.45 bits per heavy atom. The SMILES string of the molecule is CCOC(=O)Cc1ncc(CN)c(C)c1OC(F)(F)F. The minimum atomic E-state index is -4.87. The van der Waals surface area contributed by atoms with Crippen molar-refractivity contribution in [2.75, 3.05) is 6.61 Å². The van der Waals surface area contributed by atoms with E-state index in [2.05, 4.69) is 14.5 Å². The maximum absolute atomic E-state index is 12.4. The van der Waals surface area contributed by atoms with Crippen molar-refractivity contribution in [2.45, 2.75) is 33.2 Å². The van der Waals surface area contributed by atoms with Crippen LogP contribution in [0.25, 0.3) is 0 Å². The maximum atomic E-state index is 12.4. The number of pyridine rings is 1. The predicted molar refractivity (Wildman–Crippen MR) is 63.9 cm³/mol. The molecule has 1 rings (SSSR count). The highest BCUT2D eigenvalue weighted by Gasteiger charge is 2.34. The maximum Gasteiger partial charge on any atom is 0.573 e. The fourth-order valence-electron chi connectivity index (χ4n) is 1.61. The summed E-state index contributed by atoms with van der Waals surface area (Å²) in [5.41, 5.74) is 5.91. The molecule has 1 aromatic heterocycles. The highest BCUT2D eigenvalue weighted by Crippen LogP contribution is 2.31. The van der Waals surface area contributed by atoms with Crippen molar-refractivity contribution >= 4 is 5.97 Å². The van der Waals surface area contributed by atoms with E-state index in [1.54, 1.807) is 6.92 Å². The third-order valence-corrected chi connectivity index (χ3v) is 2.52. The van der Waals surface area contributed by atoms with E-state index in [1.165, 1.54) is 13.1 Å². The Balaban J connectivity index is 3.15. The molecule has 0 fully saturated rings. The molecule has 112 valence electrons. The molecule has 5 nitrogen and oxygen atoms in total. The molecule has 1 aromatic rings. The van der Waals surface area contributed by atoms with E-state index in [-0.39, 0.29) is 24.4 Å². The summed E-state index contributed by atoms with van der Waals surface area (Å²) in [6.07, 6.45) is -3.94. The largest absolute Gasteiger partial charge is 0.573 e. The zero-order valence-electron chi connectivity index (χ0n) is 11.1. The Labute approximate surface area is 113 Å². The summed E-state index contributed by atoms with van der Waals surface area (Å²) in [5, 5.41) is 0. The van der Waals surface area contributed by atoms with Crippen LogP contribution in [0.3, 0.4) is 0 Å². The molecule has 0 aliphatic rings. The van der Waals surface area contributed by atoms with Crippen LogP contribution < -0.4 is 10.5 Å². The van der Waals surface area contributed by atoms with E-state index < -0.39 is 24.5 Å². The molecule has 0 atom stereocenters. The Hall–Kier alpha value is -1.83. The van der Waals surface area contributed by atoms with Crippen LogP contribution in [-0.2, 0) is 22.5 Å². The van der Waals surface area contributed by atoms with Crippen LogP contribution in [-0.4, -0.2) is 23.9 Å². The molecular weight excluding hydrogens is 277 g/mol. The lowest BCUT2D eigenvalue weighted by molar-refractivity contribution is -0.275. The predicted octanol–water partition coefficient (Wildman–Crippen LogP) is 1.85. The number of esters is 1. The molecule has 8 heteroatoms. The van der Waals surface area contributed by atoms with E-state index in [0.29, 0.717) is 5.56 Å². The molecule has 1 heterocycles. The summed E-state index contributed by atoms with van der Waals surface area (Å²) in [6, 6.07) is 0. The number of carbonyl (C=O) groups excluding carboxylic acids is 1. The number of hydrogen-bond donors (Lipinski definition) is 1. The quantitative estimate of drug-likeness (QED) is 0.838. The first-order valence-electron chi connectivity index (χ1n) is 5.87. The number of carbonyl (C=O) groups is 1. The smallest absolute Gasteiger partial charge is 0.466 e. The molecule has 0 aliphatic heterocycles. The Bertz CT molecular complexity index is 490. The lowest BCUT2D eigenvalue weighted by Gasteiger charge is -2.16. The third kappa shape index (κ3) is 4.37. The minimum Gasteiger partial charge on any atom is -0.466 e. The van der Waals surface area contributed by atoms with Crippen molar-refractivity contribution in [2.24, 2.45) is 5.73 Å². The molecule has 2 N–H and O–H groups in total. The van der Waals surface area contributed by atoms with Crippen LogP contribution in [0.1, 0.15) is 23.7 Å². The molecule has 0 amide bonds. The normalized spacial score (nSPS) is 11.3. The van der Waals surface area contributed by atoms with Gasteiger partial charge in [-0.2, -0.15) is 0 Å². The van der Waals surface area contributed by atoms with Gasteiger partial charge >= 0.3 is 12.3 Å². The number of nitrogens with two attached hydrogens (primary N) is 1. The van der Waals surface area contributed by atoms with Crippen molar-refractivity contribution in [1.82, 2.24) is 4.98 Å². The Kier molecular flexibility index (Phi) is 5.32. The van der Waals surface area contributed by atoms with Crippen LogP contribution in [0.4, 0.5) is 13.2 Å². The zero-order valence-corrected chi connectivity index (χ0v) is 11.1. The van der Waals surface area contributed by atoms with E-state index in [4.69, 9.17) is 5.73 Å². The van der Waals surface area contributed by atoms with Crippen LogP contribution in [0.2, 0.25) is 0 Å². The number of rotatable bonds is 5. The number of halogens is 3. The molecular formula is C12H15F3N2O3. The lowest BCUT2D eigenvalue weighted by Crippen LogP contribution is -2.21. The van der Waals surface area contributed by atoms with Crippen LogP contribution in [0, 0.1) is 6.92 Å². The first-order chi connectivity index (χ1) is 9.28. The fraction of sp³-hybridized carbons (Fsp3) is 0.500. The van der Waals surface area contributed by atoms with Gasteiger partial charge in [0.05, 0.1) is 18.7 Å². The summed E-state index contributed by atoms with van der Waals surface area (Å²) in [4.78, 5) is 15.2. The second-order valence-electron chi connectivity index (χ2n) is 3.92. The topological polar surface area (TPSA) is 74.4 Å². The van der Waals surface area contributed by atoms with Gasteiger partial charge in [0.15, 0.2) is 5.75 Å². The summed E-state index contributed by atoms with van der Waals surface area (Å²) in [6.45, 7) is 3.18. The molecule has 20 heavy (non-hydrogen) atoms. The summed E-state index contributed by atoms with van der Waals surface area (Å²) in [5.74, 6) is -1.17. The lowest BCUT2D eigenvalue weighted by atomic mass is 10.1. The second-order valence-corrected chi connectivity index (χ2v) is 3.92. The van der Waals surface area contributed by atoms with E-state index >= 15 is 0 Å². The molecule has 0 saturated carbocycles. The number of nitrogens with zero attached hydrogens (tertiary/aromatic N) is 1. The zero-order chi connectivity index (χ0) is 15.3. The summed E-state index contributed by atoms with van der Waals surface area (Å²) >= 11 is 0. The average Bonchev–Trinajstić information content (AvgIpc) is 2.33. The van der Waals surface area contributed by atoms with Gasteiger partial charge in [-0.1, -0.05) is 0 Å². The van der Waals surface area contributed by atoms with Gasteiger partial charge in [-0.15, -0.1) is 13.2 Å². The standard InChI is InChI=1S/C12H15F3N2O3/c1-3-19-10(18)4-9-11(20-12(13,14)15)7(2)8(5-16)6-17-9/h6H,3-5,16H2,1-2H3. The van der Waals surface area contributed by atoms with Crippen molar-refractivity contribution < 1.29 is 27.4 Å². The number of aromatic nitrogens is 1. The van der Waals surface area contributed by atoms with E-state index in [0.717, 1.165) is 0 Å². The van der Waals surface area contributed by atoms with Crippen molar-refractivity contribution in [3.63, 3.8) is 0 Å². The second kappa shape index (κ2) is 6.56. The molecule has 0 bridgehead atoms. The van der Waals surface area contributed by atoms with Crippen LogP contribution >= 0.6 is 0 Å². The molecule has 0 aliphatic carbocycles. The average molecular weight is 292 g/mol. The summed E-state index contributed by atoms with van der Waals surface area (Å²) < 4.78 is 45.9. The molecule has 0 aromatic carbocycles. The van der Waals surface area contributed by atoms with Crippen molar-refractivity contribution in [3.8, 4) is 5.75 Å². The monoisotopic (exact) mass is 292 g/mol. The van der Waals surface area contributed by atoms with Crippen LogP contribution in [0.15, 0.2) is 6.20 Å². The fourth-order valence-corrected chi connectivity index (χ4v) is 1.61. The van der Waals surface area contributed by atoms with E-state index in [1.807, 2.05) is 0 Å². The van der Waals surface area contributed by atoms with Crippen molar-refractivity contribution in [3.05, 3.63) is 23.0 Å². The number of alkyl halides is 3. The van der Waals surface area contributed by atoms with Gasteiger partial charge in [-0.3, -0.25) is 9.78 Å². The first-order valence-corrected chi connectivity index (χ1v) is 5.87. The van der Waals surface area contributed by atoms with Gasteiger partial charge in [0.2, 0.25) is 0 Å². The first kappa shape index (κ1) is 16.2. The van der Waals surface area contributed by atoms with Gasteiger partial charge in [-0.05, 0) is 25.0 Å². The van der Waals surface area contributed by atoms with Gasteiger partial charge in [-0.25, -0.2) is 0 Å². The Morgan fingerprint density at radius 2 is 2.10 bits per heavy atom. The number of ether oxygens (including phenoxy) is 2. The molecule has 0 radical (unpaired) electrons. The van der Waals surface area contributed by atoms with E-state index in [9.17, 15) is 18.0 Å². The molecule has 0 unspecified atom stereocenters. The molecule has 0 spiro atoms. The van der Waals surface area contributed by atoms with Gasteiger partial charge in [0.25, 0.3) is 0 Å². The van der Waals surface area contributed by atoms with Crippen molar-refractivity contribution in [1.29, 1.82) is 0 Å². The highest BCUT2D eigenvalue weighted by atomic mass is 19.4. The van der Waals surface area contributed by atoms with Gasteiger partial charge in [0, 0.05) is 12.7 Å². The molecule has 0 saturated heterocycles. The van der Waals surface area contributed by atoms with Gasteiger partial charge < -0.3 is 15.2 Å². The highest BCUT2D eigenvalue weighted by molar-refractivity contribution is 5.73. The number of hydrogen-bond acceptors (Lipinski definition) is 5.